The fourth-order valence-electron chi connectivity index (χ4n) is 2.65. The number of para-hydroxylation sites is 2. The third kappa shape index (κ3) is 6.31. The number of hydrogen-bond donors (Lipinski definition) is 2. The zero-order valence-corrected chi connectivity index (χ0v) is 15.8. The number of rotatable bonds is 9. The number of amides is 2. The van der Waals surface area contributed by atoms with Crippen molar-refractivity contribution in [2.45, 2.75) is 13.3 Å². The van der Waals surface area contributed by atoms with Gasteiger partial charge >= 0.3 is 0 Å². The zero-order chi connectivity index (χ0) is 20.5. The largest absolute Gasteiger partial charge is 0.495 e. The summed E-state index contributed by atoms with van der Waals surface area (Å²) in [6.45, 7) is 2.29. The summed E-state index contributed by atoms with van der Waals surface area (Å²) in [6.07, 6.45) is 0.722. The Morgan fingerprint density at radius 1 is 1.00 bits per heavy atom. The quantitative estimate of drug-likeness (QED) is 0.688. The van der Waals surface area contributed by atoms with Gasteiger partial charge in [-0.25, -0.2) is 8.78 Å². The molecule has 2 aromatic carbocycles. The molecule has 2 amide bonds. The number of hydrogen-bond acceptors (Lipinski definition) is 4. The van der Waals surface area contributed by atoms with Crippen LogP contribution >= 0.6 is 0 Å². The maximum Gasteiger partial charge on any atom is 0.238 e. The minimum atomic E-state index is -0.857. The smallest absolute Gasteiger partial charge is 0.238 e. The van der Waals surface area contributed by atoms with Crippen LogP contribution in [0.15, 0.2) is 42.5 Å². The van der Waals surface area contributed by atoms with Crippen LogP contribution in [0.5, 0.6) is 5.75 Å². The van der Waals surface area contributed by atoms with Crippen LogP contribution < -0.4 is 15.4 Å². The van der Waals surface area contributed by atoms with Crippen LogP contribution in [0.4, 0.5) is 20.2 Å². The molecule has 2 rings (SSSR count). The molecule has 150 valence electrons. The van der Waals surface area contributed by atoms with Gasteiger partial charge in [0, 0.05) is 6.07 Å². The maximum absolute atomic E-state index is 13.7. The summed E-state index contributed by atoms with van der Waals surface area (Å²) in [7, 11) is 1.51. The van der Waals surface area contributed by atoms with Crippen LogP contribution in [0.1, 0.15) is 13.3 Å². The number of ether oxygens (including phenoxy) is 1. The van der Waals surface area contributed by atoms with Gasteiger partial charge in [-0.1, -0.05) is 19.1 Å². The minimum absolute atomic E-state index is 0.0226. The first kappa shape index (κ1) is 21.3. The van der Waals surface area contributed by atoms with Gasteiger partial charge in [0.25, 0.3) is 0 Å². The van der Waals surface area contributed by atoms with E-state index < -0.39 is 17.5 Å². The predicted octanol–water partition coefficient (Wildman–Crippen LogP) is 3.26. The fourth-order valence-corrected chi connectivity index (χ4v) is 2.65. The number of benzene rings is 2. The second-order valence-electron chi connectivity index (χ2n) is 6.13. The van der Waals surface area contributed by atoms with Crippen molar-refractivity contribution < 1.29 is 23.1 Å². The molecule has 2 N–H and O–H groups in total. The van der Waals surface area contributed by atoms with Crippen molar-refractivity contribution in [2.24, 2.45) is 0 Å². The SMILES string of the molecule is CCCN(CC(=O)Nc1ccc(F)cc1F)CC(=O)Nc1ccccc1OC. The standard InChI is InChI=1S/C20H23F2N3O3/c1-3-10-25(12-19(26)23-16-9-8-14(21)11-15(16)22)13-20(27)24-17-6-4-5-7-18(17)28-2/h4-9,11H,3,10,12-13H2,1-2H3,(H,23,26)(H,24,27). The molecule has 0 bridgehead atoms. The van der Waals surface area contributed by atoms with Crippen LogP contribution in [-0.4, -0.2) is 43.5 Å². The van der Waals surface area contributed by atoms with Crippen molar-refractivity contribution in [3.8, 4) is 5.75 Å². The van der Waals surface area contributed by atoms with Gasteiger partial charge in [-0.05, 0) is 37.2 Å². The number of anilines is 2. The summed E-state index contributed by atoms with van der Waals surface area (Å²) in [5.74, 6) is -1.86. The fraction of sp³-hybridized carbons (Fsp3) is 0.300. The Hall–Kier alpha value is -3.00. The molecule has 0 unspecified atom stereocenters. The number of methoxy groups -OCH3 is 1. The Kier molecular flexibility index (Phi) is 7.88. The van der Waals surface area contributed by atoms with Gasteiger partial charge in [-0.3, -0.25) is 14.5 Å². The van der Waals surface area contributed by atoms with E-state index in [0.29, 0.717) is 24.0 Å². The molecule has 0 atom stereocenters. The highest BCUT2D eigenvalue weighted by atomic mass is 19.1. The van der Waals surface area contributed by atoms with Gasteiger partial charge in [0.15, 0.2) is 0 Å². The summed E-state index contributed by atoms with van der Waals surface area (Å²) in [5, 5.41) is 5.14. The van der Waals surface area contributed by atoms with Crippen LogP contribution in [0, 0.1) is 11.6 Å². The van der Waals surface area contributed by atoms with Crippen LogP contribution in [0.2, 0.25) is 0 Å². The van der Waals surface area contributed by atoms with Gasteiger partial charge in [0.2, 0.25) is 11.8 Å². The highest BCUT2D eigenvalue weighted by Crippen LogP contribution is 2.22. The number of carbonyl (C=O) groups is 2. The molecule has 0 aromatic heterocycles. The first-order chi connectivity index (χ1) is 13.4. The summed E-state index contributed by atoms with van der Waals surface area (Å²) in [6, 6.07) is 9.91. The molecule has 0 aliphatic heterocycles. The lowest BCUT2D eigenvalue weighted by Crippen LogP contribution is -2.39. The third-order valence-electron chi connectivity index (χ3n) is 3.86. The van der Waals surface area contributed by atoms with Gasteiger partial charge in [0.1, 0.15) is 17.4 Å². The van der Waals surface area contributed by atoms with Gasteiger partial charge in [-0.2, -0.15) is 0 Å². The number of nitrogens with one attached hydrogen (secondary N) is 2. The Balaban J connectivity index is 1.96. The molecule has 0 heterocycles. The van der Waals surface area contributed by atoms with E-state index in [1.165, 1.54) is 7.11 Å². The molecule has 0 aliphatic carbocycles. The lowest BCUT2D eigenvalue weighted by atomic mass is 10.2. The maximum atomic E-state index is 13.7. The van der Waals surface area contributed by atoms with E-state index in [-0.39, 0.29) is 24.7 Å². The second-order valence-corrected chi connectivity index (χ2v) is 6.13. The number of halogens is 2. The molecule has 0 aliphatic rings. The van der Waals surface area contributed by atoms with Gasteiger partial charge < -0.3 is 15.4 Å². The van der Waals surface area contributed by atoms with Crippen molar-refractivity contribution in [2.75, 3.05) is 37.4 Å². The van der Waals surface area contributed by atoms with Crippen molar-refractivity contribution >= 4 is 23.2 Å². The number of carbonyl (C=O) groups excluding carboxylic acids is 2. The molecule has 0 radical (unpaired) electrons. The van der Waals surface area contributed by atoms with E-state index in [4.69, 9.17) is 4.74 Å². The Bertz CT molecular complexity index is 830. The van der Waals surface area contributed by atoms with Crippen molar-refractivity contribution in [1.82, 2.24) is 4.90 Å². The summed E-state index contributed by atoms with van der Waals surface area (Å²) in [4.78, 5) is 26.2. The second kappa shape index (κ2) is 10.4. The van der Waals surface area contributed by atoms with Crippen LogP contribution in [0.25, 0.3) is 0 Å². The van der Waals surface area contributed by atoms with Gasteiger partial charge in [-0.15, -0.1) is 0 Å². The topological polar surface area (TPSA) is 70.7 Å². The molecule has 0 saturated carbocycles. The lowest BCUT2D eigenvalue weighted by Gasteiger charge is -2.21. The van der Waals surface area contributed by atoms with E-state index in [2.05, 4.69) is 10.6 Å². The van der Waals surface area contributed by atoms with Crippen LogP contribution in [-0.2, 0) is 9.59 Å². The van der Waals surface area contributed by atoms with E-state index in [1.807, 2.05) is 6.92 Å². The molecular formula is C20H23F2N3O3. The molecule has 0 spiro atoms. The zero-order valence-electron chi connectivity index (χ0n) is 15.8. The van der Waals surface area contributed by atoms with Crippen molar-refractivity contribution in [1.29, 1.82) is 0 Å². The number of nitrogens with zero attached hydrogens (tertiary/aromatic N) is 1. The average molecular weight is 391 g/mol. The summed E-state index contributed by atoms with van der Waals surface area (Å²) >= 11 is 0. The molecule has 6 nitrogen and oxygen atoms in total. The van der Waals surface area contributed by atoms with Crippen molar-refractivity contribution in [3.63, 3.8) is 0 Å². The summed E-state index contributed by atoms with van der Waals surface area (Å²) in [5.41, 5.74) is 0.422. The van der Waals surface area contributed by atoms with Crippen LogP contribution in [0.3, 0.4) is 0 Å². The summed E-state index contributed by atoms with van der Waals surface area (Å²) < 4.78 is 31.8. The minimum Gasteiger partial charge on any atom is -0.495 e. The third-order valence-corrected chi connectivity index (χ3v) is 3.86. The molecule has 0 saturated heterocycles. The van der Waals surface area contributed by atoms with E-state index in [0.717, 1.165) is 18.6 Å². The Morgan fingerprint density at radius 3 is 2.25 bits per heavy atom. The molecular weight excluding hydrogens is 368 g/mol. The monoisotopic (exact) mass is 391 g/mol. The highest BCUT2D eigenvalue weighted by Gasteiger charge is 2.16. The van der Waals surface area contributed by atoms with E-state index >= 15 is 0 Å². The molecule has 2 aromatic rings. The first-order valence-corrected chi connectivity index (χ1v) is 8.83. The Morgan fingerprint density at radius 2 is 1.64 bits per heavy atom. The molecule has 0 fully saturated rings. The predicted molar refractivity (Wildman–Crippen MR) is 103 cm³/mol. The van der Waals surface area contributed by atoms with E-state index in [1.54, 1.807) is 29.2 Å². The molecule has 8 heteroatoms. The van der Waals surface area contributed by atoms with Crippen molar-refractivity contribution in [3.05, 3.63) is 54.1 Å². The molecule has 28 heavy (non-hydrogen) atoms. The average Bonchev–Trinajstić information content (AvgIpc) is 2.64. The highest BCUT2D eigenvalue weighted by molar-refractivity contribution is 5.95. The first-order valence-electron chi connectivity index (χ1n) is 8.83. The normalized spacial score (nSPS) is 10.6. The lowest BCUT2D eigenvalue weighted by molar-refractivity contribution is -0.120. The Labute approximate surface area is 162 Å². The van der Waals surface area contributed by atoms with Gasteiger partial charge in [0.05, 0.1) is 31.6 Å². The van der Waals surface area contributed by atoms with E-state index in [9.17, 15) is 18.4 Å².